The quantitative estimate of drug-likeness (QED) is 0.179. The van der Waals surface area contributed by atoms with E-state index in [9.17, 15) is 19.2 Å². The molecule has 2 aliphatic carbocycles. The second-order valence-electron chi connectivity index (χ2n) is 14.1. The second kappa shape index (κ2) is 17.7. The van der Waals surface area contributed by atoms with Crippen molar-refractivity contribution in [1.29, 1.82) is 0 Å². The Balaban J connectivity index is 1.64. The molecule has 0 aliphatic heterocycles. The highest BCUT2D eigenvalue weighted by Gasteiger charge is 2.31. The Labute approximate surface area is 294 Å². The van der Waals surface area contributed by atoms with E-state index in [0.29, 0.717) is 27.8 Å². The molecule has 2 fully saturated rings. The number of ether oxygens (including phenoxy) is 3. The van der Waals surface area contributed by atoms with Gasteiger partial charge in [-0.3, -0.25) is 9.59 Å². The molecule has 0 saturated heterocycles. The molecule has 49 heavy (non-hydrogen) atoms. The van der Waals surface area contributed by atoms with Gasteiger partial charge in [0.05, 0.1) is 13.7 Å². The van der Waals surface area contributed by atoms with Crippen molar-refractivity contribution in [2.24, 2.45) is 11.8 Å². The van der Waals surface area contributed by atoms with Gasteiger partial charge >= 0.3 is 12.2 Å². The predicted molar refractivity (Wildman–Crippen MR) is 189 cm³/mol. The van der Waals surface area contributed by atoms with Gasteiger partial charge in [0.1, 0.15) is 11.7 Å². The summed E-state index contributed by atoms with van der Waals surface area (Å²) in [6, 6.07) is 12.1. The number of amides is 4. The van der Waals surface area contributed by atoms with Crippen LogP contribution in [0.15, 0.2) is 42.5 Å². The van der Waals surface area contributed by atoms with Crippen molar-refractivity contribution in [2.75, 3.05) is 39.2 Å². The largest absolute Gasteiger partial charge is 0.453 e. The van der Waals surface area contributed by atoms with Crippen LogP contribution in [0.25, 0.3) is 0 Å². The van der Waals surface area contributed by atoms with E-state index in [-0.39, 0.29) is 43.5 Å². The number of benzene rings is 2. The van der Waals surface area contributed by atoms with Crippen LogP contribution >= 0.6 is 11.6 Å². The van der Waals surface area contributed by atoms with E-state index in [4.69, 9.17) is 21.1 Å². The molecule has 2 aromatic carbocycles. The summed E-state index contributed by atoms with van der Waals surface area (Å²) < 4.78 is 16.5. The zero-order valence-electron chi connectivity index (χ0n) is 29.3. The minimum atomic E-state index is -0.682. The fraction of sp³-hybridized carbons (Fsp3) is 0.568. The molecule has 11 nitrogen and oxygen atoms in total. The Bertz CT molecular complexity index is 1450. The maximum absolute atomic E-state index is 14.1. The molecule has 0 bridgehead atoms. The predicted octanol–water partition coefficient (Wildman–Crippen LogP) is 7.09. The number of rotatable bonds is 14. The average molecular weight is 699 g/mol. The molecule has 4 amide bonds. The van der Waals surface area contributed by atoms with Crippen LogP contribution in [0.2, 0.25) is 5.02 Å². The van der Waals surface area contributed by atoms with Crippen molar-refractivity contribution in [3.8, 4) is 0 Å². The van der Waals surface area contributed by atoms with Crippen molar-refractivity contribution in [2.45, 2.75) is 89.9 Å². The molecule has 268 valence electrons. The highest BCUT2D eigenvalue weighted by Crippen LogP contribution is 2.34. The van der Waals surface area contributed by atoms with Gasteiger partial charge in [-0.05, 0) is 87.4 Å². The van der Waals surface area contributed by atoms with Gasteiger partial charge in [-0.15, -0.1) is 0 Å². The monoisotopic (exact) mass is 698 g/mol. The maximum atomic E-state index is 14.1. The third-order valence-electron chi connectivity index (χ3n) is 8.61. The SMILES string of the molecule is COC(=O)NCCOC(c1cccc(Cl)c1)c1cc(NC(=O)C2CC2)cc(C(=O)N[C@@H](CC2CCCCC2)CN(C)C(=O)OC(C)(C)C)c1. The number of hydrogen-bond donors (Lipinski definition) is 3. The van der Waals surface area contributed by atoms with Crippen LogP contribution in [-0.4, -0.2) is 74.4 Å². The number of halogens is 1. The Morgan fingerprint density at radius 1 is 0.980 bits per heavy atom. The first-order valence-corrected chi connectivity index (χ1v) is 17.6. The average Bonchev–Trinajstić information content (AvgIpc) is 3.90. The molecule has 0 aromatic heterocycles. The van der Waals surface area contributed by atoms with Gasteiger partial charge in [0.25, 0.3) is 5.91 Å². The van der Waals surface area contributed by atoms with Crippen LogP contribution in [0.5, 0.6) is 0 Å². The van der Waals surface area contributed by atoms with E-state index in [1.807, 2.05) is 32.9 Å². The zero-order valence-corrected chi connectivity index (χ0v) is 30.1. The molecule has 2 aliphatic rings. The molecule has 4 rings (SSSR count). The number of carbonyl (C=O) groups is 4. The number of hydrogen-bond acceptors (Lipinski definition) is 7. The molecule has 2 atom stereocenters. The number of nitrogens with one attached hydrogen (secondary N) is 3. The zero-order chi connectivity index (χ0) is 35.6. The summed E-state index contributed by atoms with van der Waals surface area (Å²) in [5.74, 6) is -0.0434. The van der Waals surface area contributed by atoms with Gasteiger partial charge in [-0.25, -0.2) is 9.59 Å². The van der Waals surface area contributed by atoms with Crippen molar-refractivity contribution in [3.63, 3.8) is 0 Å². The lowest BCUT2D eigenvalue weighted by Crippen LogP contribution is -2.46. The summed E-state index contributed by atoms with van der Waals surface area (Å²) in [4.78, 5) is 53.0. The first-order chi connectivity index (χ1) is 23.3. The Kier molecular flexibility index (Phi) is 13.7. The van der Waals surface area contributed by atoms with Crippen LogP contribution in [0.4, 0.5) is 15.3 Å². The van der Waals surface area contributed by atoms with Crippen LogP contribution in [0.1, 0.15) is 99.7 Å². The number of likely N-dealkylation sites (N-methyl/N-ethyl adjacent to an activating group) is 1. The topological polar surface area (TPSA) is 135 Å². The normalized spacial score (nSPS) is 16.2. The number of carbonyl (C=O) groups excluding carboxylic acids is 4. The number of alkyl carbamates (subject to hydrolysis) is 1. The molecule has 0 spiro atoms. The standard InChI is InChI=1S/C37H51ClN4O7/c1-37(2,3)49-36(46)42(4)23-31(18-24-10-7-6-8-11-24)41-34(44)28-19-27(21-30(22-28)40-33(43)25-14-15-25)32(26-12-9-13-29(38)20-26)48-17-16-39-35(45)47-5/h9,12-13,19-22,24-25,31-32H,6-8,10-11,14-18,23H2,1-5H3,(H,39,45)(H,40,43)(H,41,44)/t31-,32?/m0/s1. The van der Waals surface area contributed by atoms with Gasteiger partial charge < -0.3 is 35.1 Å². The molecule has 2 saturated carbocycles. The maximum Gasteiger partial charge on any atom is 0.410 e. The summed E-state index contributed by atoms with van der Waals surface area (Å²) in [7, 11) is 2.97. The van der Waals surface area contributed by atoms with E-state index in [1.165, 1.54) is 18.4 Å². The van der Waals surface area contributed by atoms with Crippen LogP contribution < -0.4 is 16.0 Å². The minimum absolute atomic E-state index is 0.0476. The Morgan fingerprint density at radius 3 is 2.37 bits per heavy atom. The number of anilines is 1. The highest BCUT2D eigenvalue weighted by atomic mass is 35.5. The number of methoxy groups -OCH3 is 1. The third kappa shape index (κ3) is 12.5. The molecule has 12 heteroatoms. The summed E-state index contributed by atoms with van der Waals surface area (Å²) in [6.07, 6.45) is 6.35. The molecule has 1 unspecified atom stereocenters. The van der Waals surface area contributed by atoms with Gasteiger partial charge in [0, 0.05) is 48.4 Å². The summed E-state index contributed by atoms with van der Waals surface area (Å²) in [5, 5.41) is 9.32. The Morgan fingerprint density at radius 2 is 1.71 bits per heavy atom. The van der Waals surface area contributed by atoms with Crippen molar-refractivity contribution < 1.29 is 33.4 Å². The van der Waals surface area contributed by atoms with Gasteiger partial charge in [0.2, 0.25) is 5.91 Å². The first-order valence-electron chi connectivity index (χ1n) is 17.2. The fourth-order valence-corrected chi connectivity index (χ4v) is 6.27. The minimum Gasteiger partial charge on any atom is -0.453 e. The molecule has 3 N–H and O–H groups in total. The van der Waals surface area contributed by atoms with Crippen LogP contribution in [0, 0.1) is 11.8 Å². The number of nitrogens with zero attached hydrogens (tertiary/aromatic N) is 1. The molecule has 0 heterocycles. The van der Waals surface area contributed by atoms with E-state index in [1.54, 1.807) is 37.4 Å². The summed E-state index contributed by atoms with van der Waals surface area (Å²) in [6.45, 7) is 6.06. The van der Waals surface area contributed by atoms with Crippen molar-refractivity contribution in [1.82, 2.24) is 15.5 Å². The van der Waals surface area contributed by atoms with E-state index in [2.05, 4.69) is 20.7 Å². The Hall–Kier alpha value is -3.83. The lowest BCUT2D eigenvalue weighted by Gasteiger charge is -2.31. The smallest absolute Gasteiger partial charge is 0.410 e. The van der Waals surface area contributed by atoms with Gasteiger partial charge in [-0.2, -0.15) is 0 Å². The lowest BCUT2D eigenvalue weighted by molar-refractivity contribution is -0.117. The van der Waals surface area contributed by atoms with E-state index >= 15 is 0 Å². The fourth-order valence-electron chi connectivity index (χ4n) is 6.07. The van der Waals surface area contributed by atoms with Crippen LogP contribution in [0.3, 0.4) is 0 Å². The van der Waals surface area contributed by atoms with Crippen molar-refractivity contribution in [3.05, 3.63) is 64.2 Å². The molecular formula is C37H51ClN4O7. The summed E-state index contributed by atoms with van der Waals surface area (Å²) in [5.41, 5.74) is 1.51. The van der Waals surface area contributed by atoms with E-state index in [0.717, 1.165) is 50.5 Å². The molecule has 0 radical (unpaired) electrons. The first kappa shape index (κ1) is 38.0. The third-order valence-corrected chi connectivity index (χ3v) is 8.84. The van der Waals surface area contributed by atoms with Crippen LogP contribution in [-0.2, 0) is 19.0 Å². The molecule has 2 aromatic rings. The second-order valence-corrected chi connectivity index (χ2v) is 14.5. The molecular weight excluding hydrogens is 648 g/mol. The van der Waals surface area contributed by atoms with E-state index < -0.39 is 23.9 Å². The highest BCUT2D eigenvalue weighted by molar-refractivity contribution is 6.30. The lowest BCUT2D eigenvalue weighted by atomic mass is 9.84. The summed E-state index contributed by atoms with van der Waals surface area (Å²) >= 11 is 6.37. The van der Waals surface area contributed by atoms with Gasteiger partial charge in [-0.1, -0.05) is 55.8 Å². The van der Waals surface area contributed by atoms with Gasteiger partial charge in [0.15, 0.2) is 0 Å². The van der Waals surface area contributed by atoms with Crippen molar-refractivity contribution >= 4 is 41.3 Å².